The number of nitrogens with zero attached hydrogens (tertiary/aromatic N) is 1. The molecule has 0 saturated heterocycles. The number of carbonyl (C=O) groups excluding carboxylic acids is 1. The molecule has 0 spiro atoms. The number of carboxylic acid groups (broad SMARTS) is 1. The van der Waals surface area contributed by atoms with E-state index in [0.29, 0.717) is 0 Å². The summed E-state index contributed by atoms with van der Waals surface area (Å²) in [4.78, 5) is 23.5. The molecular weight excluding hydrogens is 225 g/mol. The van der Waals surface area contributed by atoms with Gasteiger partial charge >= 0.3 is 5.97 Å². The second kappa shape index (κ2) is 5.43. The summed E-state index contributed by atoms with van der Waals surface area (Å²) < 4.78 is 13.5. The van der Waals surface area contributed by atoms with Gasteiger partial charge in [0.25, 0.3) is 0 Å². The normalized spacial score (nSPS) is 10.4. The van der Waals surface area contributed by atoms with Crippen LogP contribution in [0.2, 0.25) is 0 Å². The van der Waals surface area contributed by atoms with Gasteiger partial charge in [0, 0.05) is 5.92 Å². The molecule has 0 aromatic heterocycles. The number of para-hydroxylation sites is 1. The molecule has 1 rings (SSSR count). The Morgan fingerprint density at radius 3 is 2.41 bits per heavy atom. The van der Waals surface area contributed by atoms with Crippen molar-refractivity contribution in [2.24, 2.45) is 5.92 Å². The number of carbonyl (C=O) groups is 2. The Morgan fingerprint density at radius 1 is 1.35 bits per heavy atom. The molecule has 0 aliphatic carbocycles. The first-order valence-corrected chi connectivity index (χ1v) is 5.21. The number of anilines is 1. The highest BCUT2D eigenvalue weighted by atomic mass is 19.1. The van der Waals surface area contributed by atoms with Crippen LogP contribution in [0.15, 0.2) is 24.3 Å². The van der Waals surface area contributed by atoms with Crippen molar-refractivity contribution in [3.05, 3.63) is 30.1 Å². The summed E-state index contributed by atoms with van der Waals surface area (Å²) in [5, 5.41) is 8.75. The Morgan fingerprint density at radius 2 is 1.94 bits per heavy atom. The molecule has 0 atom stereocenters. The van der Waals surface area contributed by atoms with E-state index in [1.807, 2.05) is 0 Å². The van der Waals surface area contributed by atoms with Crippen molar-refractivity contribution < 1.29 is 19.1 Å². The molecule has 17 heavy (non-hydrogen) atoms. The maximum atomic E-state index is 13.5. The lowest BCUT2D eigenvalue weighted by atomic mass is 10.1. The molecule has 5 heteroatoms. The van der Waals surface area contributed by atoms with E-state index in [2.05, 4.69) is 0 Å². The highest BCUT2D eigenvalue weighted by Crippen LogP contribution is 2.20. The zero-order valence-corrected chi connectivity index (χ0v) is 9.68. The maximum Gasteiger partial charge on any atom is 0.323 e. The molecule has 92 valence electrons. The molecule has 4 nitrogen and oxygen atoms in total. The van der Waals surface area contributed by atoms with Crippen molar-refractivity contribution in [2.45, 2.75) is 13.8 Å². The summed E-state index contributed by atoms with van der Waals surface area (Å²) in [6.45, 7) is 2.73. The molecule has 0 radical (unpaired) electrons. The van der Waals surface area contributed by atoms with E-state index in [4.69, 9.17) is 5.11 Å². The van der Waals surface area contributed by atoms with Gasteiger partial charge in [-0.1, -0.05) is 26.0 Å². The van der Waals surface area contributed by atoms with Crippen LogP contribution in [0.5, 0.6) is 0 Å². The van der Waals surface area contributed by atoms with Gasteiger partial charge in [0.2, 0.25) is 5.91 Å². The van der Waals surface area contributed by atoms with Gasteiger partial charge in [-0.05, 0) is 12.1 Å². The standard InChI is InChI=1S/C12H14FNO3/c1-8(2)12(17)14(7-11(15)16)10-6-4-3-5-9(10)13/h3-6,8H,7H2,1-2H3,(H,15,16). The zero-order chi connectivity index (χ0) is 13.0. The van der Waals surface area contributed by atoms with Crippen molar-refractivity contribution >= 4 is 17.6 Å². The minimum Gasteiger partial charge on any atom is -0.480 e. The molecule has 1 aromatic carbocycles. The van der Waals surface area contributed by atoms with Gasteiger partial charge in [0.1, 0.15) is 12.4 Å². The lowest BCUT2D eigenvalue weighted by Crippen LogP contribution is -2.38. The molecule has 1 amide bonds. The molecule has 0 bridgehead atoms. The van der Waals surface area contributed by atoms with Crippen molar-refractivity contribution in [1.29, 1.82) is 0 Å². The third-order valence-corrected chi connectivity index (χ3v) is 2.20. The van der Waals surface area contributed by atoms with Gasteiger partial charge in [-0.3, -0.25) is 14.5 Å². The zero-order valence-electron chi connectivity index (χ0n) is 9.68. The van der Waals surface area contributed by atoms with E-state index < -0.39 is 30.2 Å². The summed E-state index contributed by atoms with van der Waals surface area (Å²) in [5.41, 5.74) is -0.00593. The molecule has 1 N–H and O–H groups in total. The summed E-state index contributed by atoms with van der Waals surface area (Å²) >= 11 is 0. The number of carboxylic acids is 1. The van der Waals surface area contributed by atoms with Gasteiger partial charge in [0.05, 0.1) is 5.69 Å². The Labute approximate surface area is 98.7 Å². The maximum absolute atomic E-state index is 13.5. The first-order chi connectivity index (χ1) is 7.93. The van der Waals surface area contributed by atoms with Crippen LogP contribution in [-0.4, -0.2) is 23.5 Å². The molecule has 0 saturated carbocycles. The van der Waals surface area contributed by atoms with Crippen LogP contribution in [0.3, 0.4) is 0 Å². The van der Waals surface area contributed by atoms with Crippen LogP contribution in [0.1, 0.15) is 13.8 Å². The summed E-state index contributed by atoms with van der Waals surface area (Å²) in [5.74, 6) is -2.60. The SMILES string of the molecule is CC(C)C(=O)N(CC(=O)O)c1ccccc1F. The molecule has 1 aromatic rings. The number of aliphatic carboxylic acids is 1. The first kappa shape index (κ1) is 13.2. The van der Waals surface area contributed by atoms with Crippen LogP contribution >= 0.6 is 0 Å². The van der Waals surface area contributed by atoms with Gasteiger partial charge in [0.15, 0.2) is 0 Å². The van der Waals surface area contributed by atoms with Gasteiger partial charge < -0.3 is 5.11 Å². The lowest BCUT2D eigenvalue weighted by molar-refractivity contribution is -0.137. The number of hydrogen-bond acceptors (Lipinski definition) is 2. The average molecular weight is 239 g/mol. The van der Waals surface area contributed by atoms with Crippen LogP contribution in [0.4, 0.5) is 10.1 Å². The largest absolute Gasteiger partial charge is 0.480 e. The third kappa shape index (κ3) is 3.27. The second-order valence-corrected chi connectivity index (χ2v) is 3.92. The molecular formula is C12H14FNO3. The van der Waals surface area contributed by atoms with Crippen molar-refractivity contribution in [2.75, 3.05) is 11.4 Å². The summed E-state index contributed by atoms with van der Waals surface area (Å²) in [6, 6.07) is 5.62. The van der Waals surface area contributed by atoms with E-state index in [0.717, 1.165) is 4.90 Å². The number of rotatable bonds is 4. The molecule has 0 fully saturated rings. The van der Waals surface area contributed by atoms with Crippen molar-refractivity contribution in [3.63, 3.8) is 0 Å². The fourth-order valence-corrected chi connectivity index (χ4v) is 1.40. The van der Waals surface area contributed by atoms with Gasteiger partial charge in [-0.2, -0.15) is 0 Å². The van der Waals surface area contributed by atoms with Crippen LogP contribution in [0.25, 0.3) is 0 Å². The predicted octanol–water partition coefficient (Wildman–Crippen LogP) is 1.90. The topological polar surface area (TPSA) is 57.6 Å². The Hall–Kier alpha value is -1.91. The lowest BCUT2D eigenvalue weighted by Gasteiger charge is -2.23. The van der Waals surface area contributed by atoms with E-state index in [1.165, 1.54) is 18.2 Å². The van der Waals surface area contributed by atoms with Gasteiger partial charge in [-0.15, -0.1) is 0 Å². The van der Waals surface area contributed by atoms with E-state index in [-0.39, 0.29) is 5.69 Å². The third-order valence-electron chi connectivity index (χ3n) is 2.20. The second-order valence-electron chi connectivity index (χ2n) is 3.92. The molecule has 0 aliphatic rings. The Kier molecular flexibility index (Phi) is 4.20. The monoisotopic (exact) mass is 239 g/mol. The van der Waals surface area contributed by atoms with Crippen molar-refractivity contribution in [1.82, 2.24) is 0 Å². The number of benzene rings is 1. The quantitative estimate of drug-likeness (QED) is 0.873. The van der Waals surface area contributed by atoms with Gasteiger partial charge in [-0.25, -0.2) is 4.39 Å². The van der Waals surface area contributed by atoms with Crippen LogP contribution in [-0.2, 0) is 9.59 Å². The number of halogens is 1. The fourth-order valence-electron chi connectivity index (χ4n) is 1.40. The minimum absolute atomic E-state index is 0.00593. The van der Waals surface area contributed by atoms with Crippen LogP contribution in [0, 0.1) is 11.7 Å². The summed E-state index contributed by atoms with van der Waals surface area (Å²) in [6.07, 6.45) is 0. The minimum atomic E-state index is -1.18. The molecule has 0 unspecified atom stereocenters. The highest BCUT2D eigenvalue weighted by molar-refractivity contribution is 5.98. The molecule has 0 aliphatic heterocycles. The predicted molar refractivity (Wildman–Crippen MR) is 61.2 cm³/mol. The summed E-state index contributed by atoms with van der Waals surface area (Å²) in [7, 11) is 0. The number of hydrogen-bond donors (Lipinski definition) is 1. The van der Waals surface area contributed by atoms with E-state index >= 15 is 0 Å². The Bertz CT molecular complexity index is 432. The Balaban J connectivity index is 3.11. The van der Waals surface area contributed by atoms with Crippen molar-refractivity contribution in [3.8, 4) is 0 Å². The smallest absolute Gasteiger partial charge is 0.323 e. The van der Waals surface area contributed by atoms with Crippen LogP contribution < -0.4 is 4.90 Å². The number of amides is 1. The first-order valence-electron chi connectivity index (χ1n) is 5.21. The van der Waals surface area contributed by atoms with E-state index in [1.54, 1.807) is 19.9 Å². The fraction of sp³-hybridized carbons (Fsp3) is 0.333. The average Bonchev–Trinajstić information content (AvgIpc) is 2.25. The van der Waals surface area contributed by atoms with E-state index in [9.17, 15) is 14.0 Å². The molecule has 0 heterocycles. The highest BCUT2D eigenvalue weighted by Gasteiger charge is 2.23.